The van der Waals surface area contributed by atoms with Crippen LogP contribution in [0.3, 0.4) is 0 Å². The Hall–Kier alpha value is -3.84. The van der Waals surface area contributed by atoms with Crippen LogP contribution >= 0.6 is 0 Å². The molecule has 0 N–H and O–H groups in total. The minimum Gasteiger partial charge on any atom is -0.383 e. The third kappa shape index (κ3) is 4.86. The van der Waals surface area contributed by atoms with E-state index in [4.69, 9.17) is 9.72 Å². The largest absolute Gasteiger partial charge is 0.383 e. The molecule has 7 heteroatoms. The van der Waals surface area contributed by atoms with E-state index in [0.717, 1.165) is 11.1 Å². The van der Waals surface area contributed by atoms with E-state index in [9.17, 15) is 14.0 Å². The monoisotopic (exact) mass is 473 g/mol. The van der Waals surface area contributed by atoms with E-state index in [1.165, 1.54) is 18.2 Å². The average molecular weight is 474 g/mol. The Morgan fingerprint density at radius 2 is 1.83 bits per heavy atom. The third-order valence-corrected chi connectivity index (χ3v) is 6.26. The van der Waals surface area contributed by atoms with Crippen LogP contribution in [0.25, 0.3) is 16.6 Å². The molecule has 4 rings (SSSR count). The number of halogens is 1. The lowest BCUT2D eigenvalue weighted by molar-refractivity contribution is 0.0605. The van der Waals surface area contributed by atoms with E-state index in [0.29, 0.717) is 22.4 Å². The number of aryl methyl sites for hydroxylation is 2. The Morgan fingerprint density at radius 1 is 1.06 bits per heavy atom. The number of rotatable bonds is 7. The highest BCUT2D eigenvalue weighted by Gasteiger charge is 2.28. The van der Waals surface area contributed by atoms with Crippen LogP contribution in [0, 0.1) is 19.7 Å². The Kier molecular flexibility index (Phi) is 7.07. The molecule has 1 amide bonds. The van der Waals surface area contributed by atoms with Crippen molar-refractivity contribution in [3.05, 3.63) is 105 Å². The highest BCUT2D eigenvalue weighted by atomic mass is 19.1. The van der Waals surface area contributed by atoms with Crippen molar-refractivity contribution < 1.29 is 13.9 Å². The molecule has 0 saturated carbocycles. The minimum atomic E-state index is -0.611. The van der Waals surface area contributed by atoms with Crippen molar-refractivity contribution >= 4 is 16.8 Å². The van der Waals surface area contributed by atoms with Crippen molar-refractivity contribution in [1.82, 2.24) is 14.5 Å². The first kappa shape index (κ1) is 24.3. The molecule has 35 heavy (non-hydrogen) atoms. The molecule has 0 aliphatic carbocycles. The molecule has 3 aromatic carbocycles. The summed E-state index contributed by atoms with van der Waals surface area (Å²) in [7, 11) is 1.55. The van der Waals surface area contributed by atoms with Gasteiger partial charge < -0.3 is 9.64 Å². The van der Waals surface area contributed by atoms with Gasteiger partial charge in [0.05, 0.1) is 29.2 Å². The van der Waals surface area contributed by atoms with E-state index in [2.05, 4.69) is 0 Å². The summed E-state index contributed by atoms with van der Waals surface area (Å²) in [6, 6.07) is 17.9. The number of hydrogen-bond acceptors (Lipinski definition) is 4. The highest BCUT2D eigenvalue weighted by molar-refractivity contribution is 5.94. The van der Waals surface area contributed by atoms with Gasteiger partial charge >= 0.3 is 0 Å². The molecule has 6 nitrogen and oxygen atoms in total. The zero-order valence-corrected chi connectivity index (χ0v) is 20.3. The molecule has 1 unspecified atom stereocenters. The number of hydrogen-bond donors (Lipinski definition) is 0. The van der Waals surface area contributed by atoms with Gasteiger partial charge in [-0.1, -0.05) is 24.3 Å². The number of aromatic nitrogens is 2. The molecule has 1 heterocycles. The van der Waals surface area contributed by atoms with Crippen LogP contribution in [0.4, 0.5) is 4.39 Å². The summed E-state index contributed by atoms with van der Waals surface area (Å²) >= 11 is 0. The summed E-state index contributed by atoms with van der Waals surface area (Å²) in [6.45, 7) is 6.32. The van der Waals surface area contributed by atoms with Gasteiger partial charge in [-0.15, -0.1) is 0 Å². The summed E-state index contributed by atoms with van der Waals surface area (Å²) in [4.78, 5) is 33.6. The summed E-state index contributed by atoms with van der Waals surface area (Å²) in [5, 5.41) is 0.488. The van der Waals surface area contributed by atoms with Crippen molar-refractivity contribution in [2.45, 2.75) is 26.8 Å². The number of carbonyl (C=O) groups excluding carboxylic acids is 1. The third-order valence-electron chi connectivity index (χ3n) is 6.26. The van der Waals surface area contributed by atoms with Gasteiger partial charge in [-0.3, -0.25) is 14.2 Å². The van der Waals surface area contributed by atoms with Gasteiger partial charge in [0.2, 0.25) is 0 Å². The Morgan fingerprint density at radius 3 is 2.54 bits per heavy atom. The maximum atomic E-state index is 13.9. The second-order valence-electron chi connectivity index (χ2n) is 8.57. The summed E-state index contributed by atoms with van der Waals surface area (Å²) in [6.07, 6.45) is 0. The van der Waals surface area contributed by atoms with Gasteiger partial charge in [-0.05, 0) is 74.4 Å². The molecule has 0 radical (unpaired) electrons. The molecule has 1 atom stereocenters. The number of fused-ring (bicyclic) bond motifs is 1. The van der Waals surface area contributed by atoms with E-state index in [1.54, 1.807) is 40.8 Å². The molecule has 0 bridgehead atoms. The molecule has 0 saturated heterocycles. The van der Waals surface area contributed by atoms with Crippen LogP contribution in [-0.4, -0.2) is 40.6 Å². The number of benzene rings is 3. The first-order valence-electron chi connectivity index (χ1n) is 11.5. The Labute approximate surface area is 203 Å². The summed E-state index contributed by atoms with van der Waals surface area (Å²) < 4.78 is 20.7. The number of amides is 1. The number of methoxy groups -OCH3 is 1. The van der Waals surface area contributed by atoms with Crippen LogP contribution in [0.2, 0.25) is 0 Å². The second kappa shape index (κ2) is 10.2. The van der Waals surface area contributed by atoms with Crippen LogP contribution in [0.5, 0.6) is 0 Å². The van der Waals surface area contributed by atoms with Crippen molar-refractivity contribution in [2.24, 2.45) is 0 Å². The van der Waals surface area contributed by atoms with Crippen LogP contribution in [-0.2, 0) is 4.74 Å². The topological polar surface area (TPSA) is 64.4 Å². The molecule has 0 aliphatic heterocycles. The quantitative estimate of drug-likeness (QED) is 0.379. The number of carbonyl (C=O) groups is 1. The van der Waals surface area contributed by atoms with Crippen LogP contribution in [0.1, 0.15) is 40.3 Å². The normalized spacial score (nSPS) is 12.0. The van der Waals surface area contributed by atoms with E-state index >= 15 is 0 Å². The highest BCUT2D eigenvalue weighted by Crippen LogP contribution is 2.25. The number of ether oxygens (including phenoxy) is 1. The molecular formula is C28H28FN3O3. The lowest BCUT2D eigenvalue weighted by atomic mass is 10.1. The van der Waals surface area contributed by atoms with E-state index in [1.807, 2.05) is 45.0 Å². The lowest BCUT2D eigenvalue weighted by Gasteiger charge is -2.30. The van der Waals surface area contributed by atoms with Crippen LogP contribution < -0.4 is 5.56 Å². The van der Waals surface area contributed by atoms with Crippen LogP contribution in [0.15, 0.2) is 71.5 Å². The molecule has 1 aromatic heterocycles. The standard InChI is InChI=1S/C28H28FN3O3/c1-18-12-13-23(16-19(18)2)32-26(30-25-11-6-5-10-24(25)28(32)34)20(3)31(14-15-35-4)27(33)21-8-7-9-22(29)17-21/h5-13,16-17,20H,14-15H2,1-4H3. The van der Waals surface area contributed by atoms with E-state index < -0.39 is 11.9 Å². The summed E-state index contributed by atoms with van der Waals surface area (Å²) in [5.74, 6) is -0.452. The molecule has 0 aliphatic rings. The molecule has 4 aromatic rings. The SMILES string of the molecule is COCCN(C(=O)c1cccc(F)c1)C(C)c1nc2ccccc2c(=O)n1-c1ccc(C)c(C)c1. The van der Waals surface area contributed by atoms with Gasteiger partial charge in [-0.2, -0.15) is 0 Å². The maximum absolute atomic E-state index is 13.9. The lowest BCUT2D eigenvalue weighted by Crippen LogP contribution is -2.39. The van der Waals surface area contributed by atoms with Gasteiger partial charge in [0, 0.05) is 19.2 Å². The summed E-state index contributed by atoms with van der Waals surface area (Å²) in [5.41, 5.74) is 3.35. The van der Waals surface area contributed by atoms with Gasteiger partial charge in [0.25, 0.3) is 11.5 Å². The van der Waals surface area contributed by atoms with Crippen molar-refractivity contribution in [3.63, 3.8) is 0 Å². The average Bonchev–Trinajstić information content (AvgIpc) is 2.85. The fourth-order valence-corrected chi connectivity index (χ4v) is 4.13. The molecule has 0 spiro atoms. The van der Waals surface area contributed by atoms with Gasteiger partial charge in [0.15, 0.2) is 0 Å². The van der Waals surface area contributed by atoms with E-state index in [-0.39, 0.29) is 30.2 Å². The first-order chi connectivity index (χ1) is 16.8. The maximum Gasteiger partial charge on any atom is 0.266 e. The zero-order valence-electron chi connectivity index (χ0n) is 20.3. The Balaban J connectivity index is 1.92. The molecule has 180 valence electrons. The predicted molar refractivity (Wildman–Crippen MR) is 135 cm³/mol. The van der Waals surface area contributed by atoms with Crippen molar-refractivity contribution in [1.29, 1.82) is 0 Å². The fourth-order valence-electron chi connectivity index (χ4n) is 4.13. The Bertz CT molecular complexity index is 1450. The second-order valence-corrected chi connectivity index (χ2v) is 8.57. The van der Waals surface area contributed by atoms with Gasteiger partial charge in [-0.25, -0.2) is 9.37 Å². The molecular weight excluding hydrogens is 445 g/mol. The van der Waals surface area contributed by atoms with Gasteiger partial charge in [0.1, 0.15) is 11.6 Å². The minimum absolute atomic E-state index is 0.216. The molecule has 0 fully saturated rings. The van der Waals surface area contributed by atoms with Crippen molar-refractivity contribution in [2.75, 3.05) is 20.3 Å². The predicted octanol–water partition coefficient (Wildman–Crippen LogP) is 4.99. The van der Waals surface area contributed by atoms with Crippen molar-refractivity contribution in [3.8, 4) is 5.69 Å². The number of nitrogens with zero attached hydrogens (tertiary/aromatic N) is 3. The number of para-hydroxylation sites is 1. The smallest absolute Gasteiger partial charge is 0.266 e. The fraction of sp³-hybridized carbons (Fsp3) is 0.250. The zero-order chi connectivity index (χ0) is 25.1. The first-order valence-corrected chi connectivity index (χ1v) is 11.5.